The lowest BCUT2D eigenvalue weighted by molar-refractivity contribution is 0.248. The Kier molecular flexibility index (Phi) is 2.52. The number of rotatable bonds is 2. The van der Waals surface area contributed by atoms with Crippen molar-refractivity contribution >= 4 is 0 Å². The second-order valence-corrected chi connectivity index (χ2v) is 3.99. The lowest BCUT2D eigenvalue weighted by Gasteiger charge is -2.21. The van der Waals surface area contributed by atoms with E-state index in [1.807, 2.05) is 13.2 Å². The maximum atomic E-state index is 5.94. The smallest absolute Gasteiger partial charge is 0.0967 e. The van der Waals surface area contributed by atoms with Gasteiger partial charge in [0.05, 0.1) is 11.9 Å². The molecule has 14 heavy (non-hydrogen) atoms. The molecule has 2 heterocycles. The minimum absolute atomic E-state index is 0.312. The van der Waals surface area contributed by atoms with Crippen molar-refractivity contribution in [1.82, 2.24) is 19.9 Å². The van der Waals surface area contributed by atoms with Gasteiger partial charge in [-0.05, 0) is 13.3 Å². The van der Waals surface area contributed by atoms with Crippen LogP contribution in [0.5, 0.6) is 0 Å². The quantitative estimate of drug-likeness (QED) is 0.706. The predicted octanol–water partition coefficient (Wildman–Crippen LogP) is -0.263. The Hall–Kier alpha value is -0.940. The fourth-order valence-corrected chi connectivity index (χ4v) is 1.92. The first kappa shape index (κ1) is 9.61. The third-order valence-electron chi connectivity index (χ3n) is 2.96. The van der Waals surface area contributed by atoms with E-state index in [-0.39, 0.29) is 0 Å². The van der Waals surface area contributed by atoms with Gasteiger partial charge in [0.15, 0.2) is 0 Å². The van der Waals surface area contributed by atoms with Gasteiger partial charge in [0, 0.05) is 32.2 Å². The minimum Gasteiger partial charge on any atom is -0.326 e. The van der Waals surface area contributed by atoms with Gasteiger partial charge in [0.25, 0.3) is 0 Å². The molecule has 2 atom stereocenters. The highest BCUT2D eigenvalue weighted by atomic mass is 15.5. The average molecular weight is 195 g/mol. The molecule has 0 aromatic carbocycles. The molecular weight excluding hydrogens is 178 g/mol. The maximum Gasteiger partial charge on any atom is 0.0967 e. The van der Waals surface area contributed by atoms with Crippen LogP contribution in [0, 0.1) is 0 Å². The van der Waals surface area contributed by atoms with Gasteiger partial charge in [-0.2, -0.15) is 15.0 Å². The molecular formula is C9H17N5. The van der Waals surface area contributed by atoms with Gasteiger partial charge in [0.1, 0.15) is 0 Å². The lowest BCUT2D eigenvalue weighted by atomic mass is 10.2. The Morgan fingerprint density at radius 3 is 2.93 bits per heavy atom. The summed E-state index contributed by atoms with van der Waals surface area (Å²) in [6, 6.07) is 0.767. The summed E-state index contributed by atoms with van der Waals surface area (Å²) in [6.45, 7) is 4.11. The Morgan fingerprint density at radius 1 is 1.64 bits per heavy atom. The van der Waals surface area contributed by atoms with Crippen molar-refractivity contribution in [3.8, 4) is 0 Å². The zero-order valence-corrected chi connectivity index (χ0v) is 8.72. The SMILES string of the molecule is CC1C(N)CCN1Cc1cnn(C)n1. The zero-order chi connectivity index (χ0) is 10.1. The zero-order valence-electron chi connectivity index (χ0n) is 8.72. The Balaban J connectivity index is 1.98. The van der Waals surface area contributed by atoms with Crippen LogP contribution in [0.3, 0.4) is 0 Å². The van der Waals surface area contributed by atoms with Gasteiger partial charge in [0.2, 0.25) is 0 Å². The topological polar surface area (TPSA) is 60.0 Å². The van der Waals surface area contributed by atoms with Gasteiger partial charge >= 0.3 is 0 Å². The molecule has 1 aromatic rings. The highest BCUT2D eigenvalue weighted by Gasteiger charge is 2.27. The van der Waals surface area contributed by atoms with Crippen molar-refractivity contribution in [2.75, 3.05) is 6.54 Å². The first-order chi connectivity index (χ1) is 6.66. The molecule has 5 nitrogen and oxygen atoms in total. The molecule has 1 aromatic heterocycles. The van der Waals surface area contributed by atoms with E-state index in [0.29, 0.717) is 12.1 Å². The van der Waals surface area contributed by atoms with E-state index in [1.165, 1.54) is 0 Å². The van der Waals surface area contributed by atoms with Crippen LogP contribution >= 0.6 is 0 Å². The number of nitrogens with zero attached hydrogens (tertiary/aromatic N) is 4. The molecule has 0 spiro atoms. The van der Waals surface area contributed by atoms with Gasteiger partial charge in [-0.1, -0.05) is 0 Å². The molecule has 1 aliphatic heterocycles. The highest BCUT2D eigenvalue weighted by molar-refractivity contribution is 4.95. The van der Waals surface area contributed by atoms with Crippen LogP contribution in [0.1, 0.15) is 19.0 Å². The summed E-state index contributed by atoms with van der Waals surface area (Å²) in [5, 5.41) is 8.31. The second-order valence-electron chi connectivity index (χ2n) is 3.99. The molecule has 2 unspecified atom stereocenters. The molecule has 5 heteroatoms. The Bertz CT molecular complexity index is 308. The average Bonchev–Trinajstić information content (AvgIpc) is 2.67. The van der Waals surface area contributed by atoms with Crippen LogP contribution < -0.4 is 5.73 Å². The van der Waals surface area contributed by atoms with Crippen molar-refractivity contribution in [3.63, 3.8) is 0 Å². The van der Waals surface area contributed by atoms with Crippen molar-refractivity contribution in [2.24, 2.45) is 12.8 Å². The van der Waals surface area contributed by atoms with E-state index in [9.17, 15) is 0 Å². The van der Waals surface area contributed by atoms with Gasteiger partial charge in [-0.15, -0.1) is 0 Å². The van der Waals surface area contributed by atoms with Gasteiger partial charge in [-0.25, -0.2) is 0 Å². The Morgan fingerprint density at radius 2 is 2.43 bits per heavy atom. The number of aryl methyl sites for hydroxylation is 1. The first-order valence-corrected chi connectivity index (χ1v) is 5.01. The van der Waals surface area contributed by atoms with Crippen LogP contribution in [-0.4, -0.2) is 38.5 Å². The maximum absolute atomic E-state index is 5.94. The fraction of sp³-hybridized carbons (Fsp3) is 0.778. The van der Waals surface area contributed by atoms with Crippen LogP contribution in [0.2, 0.25) is 0 Å². The summed E-state index contributed by atoms with van der Waals surface area (Å²) >= 11 is 0. The number of aromatic nitrogens is 3. The van der Waals surface area contributed by atoms with E-state index in [1.54, 1.807) is 4.80 Å². The number of hydrogen-bond donors (Lipinski definition) is 1. The van der Waals surface area contributed by atoms with Crippen LogP contribution in [-0.2, 0) is 13.6 Å². The largest absolute Gasteiger partial charge is 0.326 e. The van der Waals surface area contributed by atoms with E-state index >= 15 is 0 Å². The predicted molar refractivity (Wildman–Crippen MR) is 53.5 cm³/mol. The molecule has 1 fully saturated rings. The molecule has 0 radical (unpaired) electrons. The summed E-state index contributed by atoms with van der Waals surface area (Å²) < 4.78 is 0. The molecule has 0 aliphatic carbocycles. The lowest BCUT2D eigenvalue weighted by Crippen LogP contribution is -2.36. The van der Waals surface area contributed by atoms with E-state index < -0.39 is 0 Å². The molecule has 2 N–H and O–H groups in total. The molecule has 1 aliphatic rings. The number of likely N-dealkylation sites (tertiary alicyclic amines) is 1. The molecule has 0 amide bonds. The highest BCUT2D eigenvalue weighted by Crippen LogP contribution is 2.17. The number of nitrogens with two attached hydrogens (primary N) is 1. The van der Waals surface area contributed by atoms with Crippen LogP contribution in [0.15, 0.2) is 6.20 Å². The summed E-state index contributed by atoms with van der Waals surface area (Å²) in [4.78, 5) is 3.95. The normalized spacial score (nSPS) is 28.5. The van der Waals surface area contributed by atoms with Crippen LogP contribution in [0.4, 0.5) is 0 Å². The van der Waals surface area contributed by atoms with E-state index in [4.69, 9.17) is 5.73 Å². The summed E-state index contributed by atoms with van der Waals surface area (Å²) in [5.41, 5.74) is 6.97. The summed E-state index contributed by atoms with van der Waals surface area (Å²) in [6.07, 6.45) is 2.90. The summed E-state index contributed by atoms with van der Waals surface area (Å²) in [5.74, 6) is 0. The molecule has 2 rings (SSSR count). The van der Waals surface area contributed by atoms with Gasteiger partial charge < -0.3 is 5.73 Å². The minimum atomic E-state index is 0.312. The first-order valence-electron chi connectivity index (χ1n) is 5.01. The van der Waals surface area contributed by atoms with Crippen molar-refractivity contribution in [3.05, 3.63) is 11.9 Å². The molecule has 78 valence electrons. The Labute approximate surface area is 83.9 Å². The fourth-order valence-electron chi connectivity index (χ4n) is 1.92. The third-order valence-corrected chi connectivity index (χ3v) is 2.96. The molecule has 0 saturated carbocycles. The van der Waals surface area contributed by atoms with E-state index in [0.717, 1.165) is 25.2 Å². The standard InChI is InChI=1S/C9H17N5/c1-7-9(10)3-4-14(7)6-8-5-11-13(2)12-8/h5,7,9H,3-4,6,10H2,1-2H3. The monoisotopic (exact) mass is 195 g/mol. The third kappa shape index (κ3) is 1.78. The van der Waals surface area contributed by atoms with Crippen molar-refractivity contribution < 1.29 is 0 Å². The van der Waals surface area contributed by atoms with Crippen molar-refractivity contribution in [1.29, 1.82) is 0 Å². The second kappa shape index (κ2) is 3.67. The van der Waals surface area contributed by atoms with E-state index in [2.05, 4.69) is 22.0 Å². The van der Waals surface area contributed by atoms with Crippen molar-refractivity contribution in [2.45, 2.75) is 32.0 Å². The summed E-state index contributed by atoms with van der Waals surface area (Å²) in [7, 11) is 1.84. The molecule has 0 bridgehead atoms. The van der Waals surface area contributed by atoms with Crippen LogP contribution in [0.25, 0.3) is 0 Å². The number of hydrogen-bond acceptors (Lipinski definition) is 4. The van der Waals surface area contributed by atoms with Gasteiger partial charge in [-0.3, -0.25) is 4.90 Å². The molecule has 1 saturated heterocycles.